The average Bonchev–Trinajstić information content (AvgIpc) is 2.80. The molecule has 1 aromatic heterocycles. The number of benzene rings is 1. The van der Waals surface area contributed by atoms with Crippen LogP contribution in [0.3, 0.4) is 0 Å². The molecule has 0 saturated carbocycles. The Morgan fingerprint density at radius 1 is 1.24 bits per heavy atom. The van der Waals surface area contributed by atoms with Gasteiger partial charge in [0.05, 0.1) is 12.8 Å². The summed E-state index contributed by atoms with van der Waals surface area (Å²) in [6.07, 6.45) is 3.19. The van der Waals surface area contributed by atoms with Crippen molar-refractivity contribution in [2.75, 3.05) is 0 Å². The Kier molecular flexibility index (Phi) is 3.44. The van der Waals surface area contributed by atoms with Gasteiger partial charge in [-0.3, -0.25) is 0 Å². The van der Waals surface area contributed by atoms with Crippen LogP contribution in [0.15, 0.2) is 29.1 Å². The van der Waals surface area contributed by atoms with Gasteiger partial charge in [-0.15, -0.1) is 0 Å². The number of rotatable bonds is 4. The predicted molar refractivity (Wildman–Crippen MR) is 62.7 cm³/mol. The molecule has 2 rings (SSSR count). The maximum Gasteiger partial charge on any atom is 0.130 e. The van der Waals surface area contributed by atoms with Gasteiger partial charge in [-0.1, -0.05) is 17.3 Å². The number of aryl methyl sites for hydroxylation is 2. The molecule has 0 aliphatic heterocycles. The summed E-state index contributed by atoms with van der Waals surface area (Å²) >= 11 is 0. The zero-order valence-corrected chi connectivity index (χ0v) is 9.93. The minimum Gasteiger partial charge on any atom is -0.488 e. The molecule has 0 spiro atoms. The number of aliphatic hydroxyl groups is 1. The number of nitrogens with zero attached hydrogens (tertiary/aromatic N) is 1. The van der Waals surface area contributed by atoms with Gasteiger partial charge in [0.2, 0.25) is 0 Å². The monoisotopic (exact) mass is 233 g/mol. The van der Waals surface area contributed by atoms with Crippen molar-refractivity contribution in [1.82, 2.24) is 5.16 Å². The second kappa shape index (κ2) is 5.01. The Morgan fingerprint density at radius 3 is 2.47 bits per heavy atom. The van der Waals surface area contributed by atoms with Gasteiger partial charge >= 0.3 is 0 Å². The first-order valence-corrected chi connectivity index (χ1v) is 5.42. The summed E-state index contributed by atoms with van der Waals surface area (Å²) in [6, 6.07) is 3.85. The summed E-state index contributed by atoms with van der Waals surface area (Å²) in [5.41, 5.74) is 3.84. The fourth-order valence-corrected chi connectivity index (χ4v) is 1.81. The molecule has 0 unspecified atom stereocenters. The third-order valence-corrected chi connectivity index (χ3v) is 2.57. The van der Waals surface area contributed by atoms with E-state index >= 15 is 0 Å². The molecular formula is C13H15NO3. The Hall–Kier alpha value is -1.81. The van der Waals surface area contributed by atoms with Crippen molar-refractivity contribution in [2.24, 2.45) is 0 Å². The molecule has 0 aliphatic carbocycles. The number of aromatic nitrogens is 1. The summed E-state index contributed by atoms with van der Waals surface area (Å²) < 4.78 is 10.5. The van der Waals surface area contributed by atoms with Crippen molar-refractivity contribution >= 4 is 0 Å². The number of hydrogen-bond acceptors (Lipinski definition) is 4. The van der Waals surface area contributed by atoms with Crippen molar-refractivity contribution in [3.63, 3.8) is 0 Å². The summed E-state index contributed by atoms with van der Waals surface area (Å²) in [7, 11) is 0. The second-order valence-electron chi connectivity index (χ2n) is 4.04. The van der Waals surface area contributed by atoms with Crippen LogP contribution in [0.2, 0.25) is 0 Å². The van der Waals surface area contributed by atoms with Gasteiger partial charge in [-0.25, -0.2) is 0 Å². The minimum atomic E-state index is 0.0492. The first-order chi connectivity index (χ1) is 8.20. The fraction of sp³-hybridized carbons (Fsp3) is 0.308. The van der Waals surface area contributed by atoms with Crippen molar-refractivity contribution < 1.29 is 14.4 Å². The standard InChI is InChI=1S/C13H15NO3/c1-9-3-11(6-15)4-10(2)13(9)16-7-12-5-14-17-8-12/h3-5,8,15H,6-7H2,1-2H3. The lowest BCUT2D eigenvalue weighted by Crippen LogP contribution is -1.99. The molecule has 1 heterocycles. The van der Waals surface area contributed by atoms with Crippen LogP contribution in [0.1, 0.15) is 22.3 Å². The van der Waals surface area contributed by atoms with E-state index in [4.69, 9.17) is 14.4 Å². The topological polar surface area (TPSA) is 55.5 Å². The molecule has 0 bridgehead atoms. The first kappa shape index (κ1) is 11.7. The zero-order chi connectivity index (χ0) is 12.3. The lowest BCUT2D eigenvalue weighted by atomic mass is 10.1. The minimum absolute atomic E-state index is 0.0492. The zero-order valence-electron chi connectivity index (χ0n) is 9.93. The maximum absolute atomic E-state index is 9.10. The van der Waals surface area contributed by atoms with Crippen molar-refractivity contribution in [2.45, 2.75) is 27.1 Å². The Balaban J connectivity index is 2.15. The number of aliphatic hydroxyl groups excluding tert-OH is 1. The molecule has 2 aromatic rings. The fourth-order valence-electron chi connectivity index (χ4n) is 1.81. The van der Waals surface area contributed by atoms with Gasteiger partial charge in [0.15, 0.2) is 0 Å². The molecule has 1 aromatic carbocycles. The normalized spacial score (nSPS) is 10.5. The Labute approximate surface area is 99.8 Å². The first-order valence-electron chi connectivity index (χ1n) is 5.42. The van der Waals surface area contributed by atoms with E-state index in [0.717, 1.165) is 28.0 Å². The molecule has 0 radical (unpaired) electrons. The van der Waals surface area contributed by atoms with Crippen LogP contribution < -0.4 is 4.74 Å². The quantitative estimate of drug-likeness (QED) is 0.880. The highest BCUT2D eigenvalue weighted by Crippen LogP contribution is 2.25. The summed E-state index contributed by atoms with van der Waals surface area (Å²) in [4.78, 5) is 0. The lowest BCUT2D eigenvalue weighted by molar-refractivity contribution is 0.280. The predicted octanol–water partition coefficient (Wildman–Crippen LogP) is 2.36. The number of ether oxygens (including phenoxy) is 1. The van der Waals surface area contributed by atoms with E-state index in [1.807, 2.05) is 26.0 Å². The Morgan fingerprint density at radius 2 is 1.94 bits per heavy atom. The number of hydrogen-bond donors (Lipinski definition) is 1. The lowest BCUT2D eigenvalue weighted by Gasteiger charge is -2.12. The van der Waals surface area contributed by atoms with E-state index < -0.39 is 0 Å². The van der Waals surface area contributed by atoms with Crippen LogP contribution in [-0.4, -0.2) is 10.3 Å². The molecule has 17 heavy (non-hydrogen) atoms. The maximum atomic E-state index is 9.10. The van der Waals surface area contributed by atoms with Gasteiger partial charge in [0.25, 0.3) is 0 Å². The van der Waals surface area contributed by atoms with Crippen LogP contribution in [0, 0.1) is 13.8 Å². The van der Waals surface area contributed by atoms with Crippen LogP contribution >= 0.6 is 0 Å². The summed E-state index contributed by atoms with van der Waals surface area (Å²) in [5.74, 6) is 0.850. The molecule has 0 fully saturated rings. The van der Waals surface area contributed by atoms with Gasteiger partial charge in [0.1, 0.15) is 18.6 Å². The van der Waals surface area contributed by atoms with Crippen molar-refractivity contribution in [3.05, 3.63) is 46.8 Å². The molecule has 0 aliphatic rings. The molecule has 0 saturated heterocycles. The van der Waals surface area contributed by atoms with Gasteiger partial charge < -0.3 is 14.4 Å². The highest BCUT2D eigenvalue weighted by molar-refractivity contribution is 5.43. The largest absolute Gasteiger partial charge is 0.488 e. The molecule has 0 atom stereocenters. The van der Waals surface area contributed by atoms with Crippen LogP contribution in [0.4, 0.5) is 0 Å². The SMILES string of the molecule is Cc1cc(CO)cc(C)c1OCc1cnoc1. The van der Waals surface area contributed by atoms with Crippen LogP contribution in [-0.2, 0) is 13.2 Å². The second-order valence-corrected chi connectivity index (χ2v) is 4.04. The van der Waals surface area contributed by atoms with E-state index in [1.165, 1.54) is 0 Å². The highest BCUT2D eigenvalue weighted by Gasteiger charge is 2.07. The van der Waals surface area contributed by atoms with Gasteiger partial charge in [-0.05, 0) is 30.5 Å². The van der Waals surface area contributed by atoms with E-state index in [-0.39, 0.29) is 6.61 Å². The molecule has 90 valence electrons. The highest BCUT2D eigenvalue weighted by atomic mass is 16.5. The summed E-state index contributed by atoms with van der Waals surface area (Å²) in [6.45, 7) is 4.42. The van der Waals surface area contributed by atoms with E-state index in [1.54, 1.807) is 12.5 Å². The smallest absolute Gasteiger partial charge is 0.130 e. The van der Waals surface area contributed by atoms with Gasteiger partial charge in [0, 0.05) is 5.56 Å². The molecule has 0 amide bonds. The molecule has 1 N–H and O–H groups in total. The molecule has 4 heteroatoms. The van der Waals surface area contributed by atoms with Gasteiger partial charge in [-0.2, -0.15) is 0 Å². The van der Waals surface area contributed by atoms with E-state index in [2.05, 4.69) is 5.16 Å². The third kappa shape index (κ3) is 2.65. The van der Waals surface area contributed by atoms with E-state index in [9.17, 15) is 0 Å². The molecular weight excluding hydrogens is 218 g/mol. The van der Waals surface area contributed by atoms with Crippen LogP contribution in [0.5, 0.6) is 5.75 Å². The average molecular weight is 233 g/mol. The van der Waals surface area contributed by atoms with Crippen LogP contribution in [0.25, 0.3) is 0 Å². The summed E-state index contributed by atoms with van der Waals surface area (Å²) in [5, 5.41) is 12.7. The Bertz CT molecular complexity index is 468. The van der Waals surface area contributed by atoms with Crippen molar-refractivity contribution in [3.8, 4) is 5.75 Å². The molecule has 4 nitrogen and oxygen atoms in total. The third-order valence-electron chi connectivity index (χ3n) is 2.57. The van der Waals surface area contributed by atoms with E-state index in [0.29, 0.717) is 6.61 Å². The van der Waals surface area contributed by atoms with Crippen molar-refractivity contribution in [1.29, 1.82) is 0 Å².